The van der Waals surface area contributed by atoms with Gasteiger partial charge in [-0.2, -0.15) is 0 Å². The molecule has 106 valence electrons. The van der Waals surface area contributed by atoms with Crippen molar-refractivity contribution in [1.82, 2.24) is 9.97 Å². The van der Waals surface area contributed by atoms with Crippen LogP contribution in [0, 0.1) is 12.3 Å². The number of hydrogen-bond donors (Lipinski definition) is 2. The van der Waals surface area contributed by atoms with Crippen LogP contribution in [0.2, 0.25) is 0 Å². The number of hydrogen-bond acceptors (Lipinski definition) is 3. The number of carbonyl (C=O) groups excluding carboxylic acids is 1. The van der Waals surface area contributed by atoms with Crippen molar-refractivity contribution < 1.29 is 4.79 Å². The van der Waals surface area contributed by atoms with E-state index in [1.54, 1.807) is 25.1 Å². The second-order valence-corrected chi connectivity index (χ2v) is 5.54. The minimum atomic E-state index is -0.460. The quantitative estimate of drug-likeness (QED) is 0.902. The molecule has 2 N–H and O–H groups in total. The van der Waals surface area contributed by atoms with E-state index in [4.69, 9.17) is 0 Å². The normalized spacial score (nSPS) is 11.6. The largest absolute Gasteiger partial charge is 0.324 e. The molecule has 1 amide bonds. The number of nitrogens with one attached hydrogen (secondary N) is 2. The number of H-pyrrole nitrogens is 1. The molecule has 1 heterocycles. The highest BCUT2D eigenvalue weighted by Gasteiger charge is 2.25. The first kappa shape index (κ1) is 14.2. The number of rotatable bonds is 3. The van der Waals surface area contributed by atoms with Crippen molar-refractivity contribution in [1.29, 1.82) is 0 Å². The number of aryl methyl sites for hydroxylation is 1. The van der Waals surface area contributed by atoms with E-state index >= 15 is 0 Å². The Bertz CT molecular complexity index is 717. The van der Waals surface area contributed by atoms with Gasteiger partial charge in [-0.1, -0.05) is 26.8 Å². The van der Waals surface area contributed by atoms with Crippen LogP contribution in [0.5, 0.6) is 0 Å². The third kappa shape index (κ3) is 2.57. The number of para-hydroxylation sites is 1. The molecule has 5 nitrogen and oxygen atoms in total. The Morgan fingerprint density at radius 3 is 2.75 bits per heavy atom. The SMILES string of the molecule is CCC(C)(C)C(=O)Nc1cccc2c(=O)[nH]c(C)nc12. The Balaban J connectivity index is 2.51. The number of nitrogens with zero attached hydrogens (tertiary/aromatic N) is 1. The first-order valence-corrected chi connectivity index (χ1v) is 6.66. The van der Waals surface area contributed by atoms with Crippen LogP contribution in [0.15, 0.2) is 23.0 Å². The van der Waals surface area contributed by atoms with Gasteiger partial charge in [-0.25, -0.2) is 4.98 Å². The van der Waals surface area contributed by atoms with Gasteiger partial charge in [0.05, 0.1) is 11.1 Å². The Hall–Kier alpha value is -2.17. The van der Waals surface area contributed by atoms with Gasteiger partial charge in [-0.05, 0) is 25.5 Å². The molecule has 0 atom stereocenters. The molecule has 1 aromatic heterocycles. The lowest BCUT2D eigenvalue weighted by atomic mass is 9.89. The molecule has 0 radical (unpaired) electrons. The number of amides is 1. The molecule has 0 aliphatic rings. The highest BCUT2D eigenvalue weighted by Crippen LogP contribution is 2.25. The molecule has 0 aliphatic carbocycles. The molecule has 0 saturated heterocycles. The Kier molecular flexibility index (Phi) is 3.61. The van der Waals surface area contributed by atoms with Crippen LogP contribution < -0.4 is 10.9 Å². The van der Waals surface area contributed by atoms with E-state index < -0.39 is 5.41 Å². The predicted octanol–water partition coefficient (Wildman–Crippen LogP) is 2.61. The maximum atomic E-state index is 12.3. The maximum absolute atomic E-state index is 12.3. The van der Waals surface area contributed by atoms with Gasteiger partial charge >= 0.3 is 0 Å². The van der Waals surface area contributed by atoms with Crippen molar-refractivity contribution in [2.45, 2.75) is 34.1 Å². The van der Waals surface area contributed by atoms with Crippen molar-refractivity contribution in [3.8, 4) is 0 Å². The average molecular weight is 273 g/mol. The first-order chi connectivity index (χ1) is 9.35. The smallest absolute Gasteiger partial charge is 0.258 e. The van der Waals surface area contributed by atoms with E-state index in [0.717, 1.165) is 6.42 Å². The van der Waals surface area contributed by atoms with E-state index in [2.05, 4.69) is 15.3 Å². The van der Waals surface area contributed by atoms with E-state index in [0.29, 0.717) is 22.4 Å². The van der Waals surface area contributed by atoms with Gasteiger partial charge in [-0.3, -0.25) is 9.59 Å². The lowest BCUT2D eigenvalue weighted by Gasteiger charge is -2.21. The van der Waals surface area contributed by atoms with Crippen LogP contribution >= 0.6 is 0 Å². The van der Waals surface area contributed by atoms with Crippen LogP contribution in [0.25, 0.3) is 10.9 Å². The second-order valence-electron chi connectivity index (χ2n) is 5.54. The summed E-state index contributed by atoms with van der Waals surface area (Å²) in [6.45, 7) is 7.46. The highest BCUT2D eigenvalue weighted by atomic mass is 16.2. The zero-order valence-electron chi connectivity index (χ0n) is 12.2. The van der Waals surface area contributed by atoms with Gasteiger partial charge in [-0.15, -0.1) is 0 Å². The lowest BCUT2D eigenvalue weighted by molar-refractivity contribution is -0.124. The number of carbonyl (C=O) groups is 1. The summed E-state index contributed by atoms with van der Waals surface area (Å²) in [4.78, 5) is 31.1. The fourth-order valence-electron chi connectivity index (χ4n) is 1.83. The third-order valence-corrected chi connectivity index (χ3v) is 3.60. The summed E-state index contributed by atoms with van der Waals surface area (Å²) in [6.07, 6.45) is 0.733. The predicted molar refractivity (Wildman–Crippen MR) is 79.8 cm³/mol. The van der Waals surface area contributed by atoms with Gasteiger partial charge in [0, 0.05) is 5.41 Å². The molecule has 0 fully saturated rings. The summed E-state index contributed by atoms with van der Waals surface area (Å²) in [5, 5.41) is 3.35. The van der Waals surface area contributed by atoms with E-state index in [9.17, 15) is 9.59 Å². The summed E-state index contributed by atoms with van der Waals surface area (Å²) in [5.41, 5.74) is 0.439. The summed E-state index contributed by atoms with van der Waals surface area (Å²) >= 11 is 0. The van der Waals surface area contributed by atoms with Crippen molar-refractivity contribution in [2.24, 2.45) is 5.41 Å². The zero-order valence-corrected chi connectivity index (χ0v) is 12.2. The second kappa shape index (κ2) is 5.07. The van der Waals surface area contributed by atoms with Crippen molar-refractivity contribution in [3.05, 3.63) is 34.4 Å². The maximum Gasteiger partial charge on any atom is 0.258 e. The molecular formula is C15H19N3O2. The molecule has 0 saturated carbocycles. The number of anilines is 1. The summed E-state index contributed by atoms with van der Waals surface area (Å²) < 4.78 is 0. The minimum absolute atomic E-state index is 0.0766. The van der Waals surface area contributed by atoms with Crippen LogP contribution in [-0.4, -0.2) is 15.9 Å². The van der Waals surface area contributed by atoms with Gasteiger partial charge in [0.1, 0.15) is 11.3 Å². The van der Waals surface area contributed by atoms with Gasteiger partial charge in [0.15, 0.2) is 0 Å². The van der Waals surface area contributed by atoms with Crippen LogP contribution in [-0.2, 0) is 4.79 Å². The molecule has 5 heteroatoms. The minimum Gasteiger partial charge on any atom is -0.324 e. The summed E-state index contributed by atoms with van der Waals surface area (Å²) in [5.74, 6) is 0.450. The highest BCUT2D eigenvalue weighted by molar-refractivity contribution is 6.02. The lowest BCUT2D eigenvalue weighted by Crippen LogP contribution is -2.30. The van der Waals surface area contributed by atoms with Gasteiger partial charge < -0.3 is 10.3 Å². The Morgan fingerprint density at radius 1 is 1.40 bits per heavy atom. The number of benzene rings is 1. The molecule has 0 aliphatic heterocycles. The van der Waals surface area contributed by atoms with Crippen LogP contribution in [0.1, 0.15) is 33.0 Å². The van der Waals surface area contributed by atoms with Crippen LogP contribution in [0.4, 0.5) is 5.69 Å². The molecule has 20 heavy (non-hydrogen) atoms. The van der Waals surface area contributed by atoms with Crippen molar-refractivity contribution >= 4 is 22.5 Å². The molecule has 1 aromatic carbocycles. The van der Waals surface area contributed by atoms with Crippen molar-refractivity contribution in [2.75, 3.05) is 5.32 Å². The topological polar surface area (TPSA) is 74.8 Å². The summed E-state index contributed by atoms with van der Waals surface area (Å²) in [7, 11) is 0. The fourth-order valence-corrected chi connectivity index (χ4v) is 1.83. The van der Waals surface area contributed by atoms with Gasteiger partial charge in [0.2, 0.25) is 5.91 Å². The van der Waals surface area contributed by atoms with E-state index in [-0.39, 0.29) is 11.5 Å². The molecule has 0 spiro atoms. The molecule has 2 rings (SSSR count). The standard InChI is InChI=1S/C15H19N3O2/c1-5-15(3,4)14(20)18-11-8-6-7-10-12(11)16-9(2)17-13(10)19/h6-8H,5H2,1-4H3,(H,18,20)(H,16,17,19). The van der Waals surface area contributed by atoms with Crippen LogP contribution in [0.3, 0.4) is 0 Å². The Labute approximate surface area is 117 Å². The summed E-state index contributed by atoms with van der Waals surface area (Å²) in [6, 6.07) is 5.20. The van der Waals surface area contributed by atoms with E-state index in [1.165, 1.54) is 0 Å². The number of fused-ring (bicyclic) bond motifs is 1. The van der Waals surface area contributed by atoms with Crippen molar-refractivity contribution in [3.63, 3.8) is 0 Å². The number of aromatic nitrogens is 2. The molecule has 0 unspecified atom stereocenters. The van der Waals surface area contributed by atoms with E-state index in [1.807, 2.05) is 20.8 Å². The fraction of sp³-hybridized carbons (Fsp3) is 0.400. The number of aromatic amines is 1. The average Bonchev–Trinajstić information content (AvgIpc) is 2.39. The Morgan fingerprint density at radius 2 is 2.10 bits per heavy atom. The third-order valence-electron chi connectivity index (χ3n) is 3.60. The molecule has 0 bridgehead atoms. The first-order valence-electron chi connectivity index (χ1n) is 6.66. The van der Waals surface area contributed by atoms with Gasteiger partial charge in [0.25, 0.3) is 5.56 Å². The monoisotopic (exact) mass is 273 g/mol. The molecule has 2 aromatic rings. The molecular weight excluding hydrogens is 254 g/mol. The zero-order chi connectivity index (χ0) is 14.9.